The van der Waals surface area contributed by atoms with Gasteiger partial charge >= 0.3 is 0 Å². The molecule has 2 nitrogen and oxygen atoms in total. The number of carbonyl (C=O) groups is 1. The molecule has 0 N–H and O–H groups in total. The predicted molar refractivity (Wildman–Crippen MR) is 95.1 cm³/mol. The van der Waals surface area contributed by atoms with Gasteiger partial charge in [-0.15, -0.1) is 22.7 Å². The zero-order valence-corrected chi connectivity index (χ0v) is 14.2. The predicted octanol–water partition coefficient (Wildman–Crippen LogP) is 5.27. The minimum Gasteiger partial charge on any atom is -0.302 e. The van der Waals surface area contributed by atoms with E-state index in [2.05, 4.69) is 32.0 Å². The Morgan fingerprint density at radius 3 is 2.41 bits per heavy atom. The first-order chi connectivity index (χ1) is 10.6. The molecule has 1 aromatic carbocycles. The van der Waals surface area contributed by atoms with Crippen molar-refractivity contribution in [3.05, 3.63) is 74.1 Å². The zero-order valence-electron chi connectivity index (χ0n) is 12.6. The molecule has 0 aliphatic carbocycles. The first kappa shape index (κ1) is 15.0. The van der Waals surface area contributed by atoms with E-state index in [1.54, 1.807) is 11.3 Å². The second kappa shape index (κ2) is 6.46. The van der Waals surface area contributed by atoms with E-state index in [1.807, 2.05) is 39.9 Å². The van der Waals surface area contributed by atoms with E-state index in [-0.39, 0.29) is 5.91 Å². The van der Waals surface area contributed by atoms with Crippen molar-refractivity contribution in [2.24, 2.45) is 0 Å². The molecule has 0 fully saturated rings. The van der Waals surface area contributed by atoms with Crippen molar-refractivity contribution < 1.29 is 4.79 Å². The maximum atomic E-state index is 12.9. The van der Waals surface area contributed by atoms with Gasteiger partial charge in [-0.3, -0.25) is 4.79 Å². The number of amides is 1. The summed E-state index contributed by atoms with van der Waals surface area (Å²) in [6.45, 7) is 4.78. The Morgan fingerprint density at radius 1 is 1.00 bits per heavy atom. The summed E-state index contributed by atoms with van der Waals surface area (Å²) in [6.07, 6.45) is 0. The van der Waals surface area contributed by atoms with Gasteiger partial charge in [0.25, 0.3) is 5.91 Å². The molecule has 0 saturated heterocycles. The van der Waals surface area contributed by atoms with Crippen LogP contribution in [0.4, 0.5) is 5.69 Å². The third-order valence-electron chi connectivity index (χ3n) is 3.67. The summed E-state index contributed by atoms with van der Waals surface area (Å²) in [4.78, 5) is 16.7. The summed E-state index contributed by atoms with van der Waals surface area (Å²) in [5, 5.41) is 3.99. The van der Waals surface area contributed by atoms with Crippen LogP contribution in [-0.4, -0.2) is 5.91 Å². The SMILES string of the molecule is Cc1ccc(N(Cc2cccs2)C(=O)c2cccs2)cc1C. The van der Waals surface area contributed by atoms with E-state index in [0.29, 0.717) is 6.54 Å². The Labute approximate surface area is 138 Å². The van der Waals surface area contributed by atoms with Crippen LogP contribution in [0.5, 0.6) is 0 Å². The van der Waals surface area contributed by atoms with E-state index < -0.39 is 0 Å². The summed E-state index contributed by atoms with van der Waals surface area (Å²) in [7, 11) is 0. The van der Waals surface area contributed by atoms with Crippen LogP contribution in [0.3, 0.4) is 0 Å². The highest BCUT2D eigenvalue weighted by atomic mass is 32.1. The zero-order chi connectivity index (χ0) is 15.5. The fraction of sp³-hybridized carbons (Fsp3) is 0.167. The summed E-state index contributed by atoms with van der Waals surface area (Å²) < 4.78 is 0. The van der Waals surface area contributed by atoms with Crippen molar-refractivity contribution in [2.75, 3.05) is 4.90 Å². The largest absolute Gasteiger partial charge is 0.302 e. The quantitative estimate of drug-likeness (QED) is 0.639. The lowest BCUT2D eigenvalue weighted by Gasteiger charge is -2.22. The van der Waals surface area contributed by atoms with Crippen molar-refractivity contribution in [2.45, 2.75) is 20.4 Å². The van der Waals surface area contributed by atoms with Crippen molar-refractivity contribution in [3.63, 3.8) is 0 Å². The minimum absolute atomic E-state index is 0.0617. The van der Waals surface area contributed by atoms with Gasteiger partial charge in [-0.1, -0.05) is 18.2 Å². The van der Waals surface area contributed by atoms with Crippen LogP contribution < -0.4 is 4.90 Å². The summed E-state index contributed by atoms with van der Waals surface area (Å²) >= 11 is 3.16. The summed E-state index contributed by atoms with van der Waals surface area (Å²) in [6, 6.07) is 14.1. The molecule has 0 unspecified atom stereocenters. The molecule has 0 aliphatic heterocycles. The Morgan fingerprint density at radius 2 is 1.77 bits per heavy atom. The number of benzene rings is 1. The second-order valence-corrected chi connectivity index (χ2v) is 7.20. The summed E-state index contributed by atoms with van der Waals surface area (Å²) in [5.41, 5.74) is 3.39. The lowest BCUT2D eigenvalue weighted by atomic mass is 10.1. The fourth-order valence-corrected chi connectivity index (χ4v) is 3.63. The highest BCUT2D eigenvalue weighted by molar-refractivity contribution is 7.12. The van der Waals surface area contributed by atoms with E-state index in [4.69, 9.17) is 0 Å². The normalized spacial score (nSPS) is 10.6. The van der Waals surface area contributed by atoms with Crippen LogP contribution in [0, 0.1) is 13.8 Å². The molecule has 3 aromatic rings. The third-order valence-corrected chi connectivity index (χ3v) is 5.39. The smallest absolute Gasteiger partial charge is 0.268 e. The Balaban J connectivity index is 1.98. The Bertz CT molecular complexity index is 761. The topological polar surface area (TPSA) is 20.3 Å². The number of nitrogens with zero attached hydrogens (tertiary/aromatic N) is 1. The number of hydrogen-bond donors (Lipinski definition) is 0. The van der Waals surface area contributed by atoms with Gasteiger partial charge in [0.05, 0.1) is 11.4 Å². The maximum absolute atomic E-state index is 12.9. The van der Waals surface area contributed by atoms with E-state index in [1.165, 1.54) is 27.3 Å². The van der Waals surface area contributed by atoms with Gasteiger partial charge in [-0.05, 0) is 60.0 Å². The van der Waals surface area contributed by atoms with Gasteiger partial charge in [-0.2, -0.15) is 0 Å². The molecule has 3 rings (SSSR count). The molecule has 4 heteroatoms. The first-order valence-electron chi connectivity index (χ1n) is 7.10. The number of aryl methyl sites for hydroxylation is 2. The van der Waals surface area contributed by atoms with Crippen molar-refractivity contribution in [1.29, 1.82) is 0 Å². The molecule has 0 atom stereocenters. The molecule has 0 radical (unpaired) electrons. The van der Waals surface area contributed by atoms with Gasteiger partial charge in [0, 0.05) is 10.6 Å². The maximum Gasteiger partial charge on any atom is 0.268 e. The fourth-order valence-electron chi connectivity index (χ4n) is 2.27. The van der Waals surface area contributed by atoms with Crippen LogP contribution in [-0.2, 0) is 6.54 Å². The molecule has 0 saturated carbocycles. The molecular formula is C18H17NOS2. The van der Waals surface area contributed by atoms with Crippen LogP contribution >= 0.6 is 22.7 Å². The summed E-state index contributed by atoms with van der Waals surface area (Å²) in [5.74, 6) is 0.0617. The van der Waals surface area contributed by atoms with Gasteiger partial charge in [-0.25, -0.2) is 0 Å². The highest BCUT2D eigenvalue weighted by Crippen LogP contribution is 2.25. The Kier molecular flexibility index (Phi) is 4.41. The van der Waals surface area contributed by atoms with Crippen LogP contribution in [0.2, 0.25) is 0 Å². The van der Waals surface area contributed by atoms with Gasteiger partial charge < -0.3 is 4.90 Å². The van der Waals surface area contributed by atoms with Gasteiger partial charge in [0.15, 0.2) is 0 Å². The van der Waals surface area contributed by atoms with Crippen LogP contribution in [0.25, 0.3) is 0 Å². The van der Waals surface area contributed by atoms with Crippen LogP contribution in [0.1, 0.15) is 25.7 Å². The highest BCUT2D eigenvalue weighted by Gasteiger charge is 2.19. The standard InChI is InChI=1S/C18H17NOS2/c1-13-7-8-15(11-14(13)2)19(12-16-5-3-9-21-16)18(20)17-6-4-10-22-17/h3-11H,12H2,1-2H3. The molecule has 2 aromatic heterocycles. The third kappa shape index (κ3) is 3.13. The number of rotatable bonds is 4. The first-order valence-corrected chi connectivity index (χ1v) is 8.86. The van der Waals surface area contributed by atoms with E-state index in [0.717, 1.165) is 10.6 Å². The molecule has 0 aliphatic rings. The number of hydrogen-bond acceptors (Lipinski definition) is 3. The van der Waals surface area contributed by atoms with E-state index >= 15 is 0 Å². The lowest BCUT2D eigenvalue weighted by molar-refractivity contribution is 0.0989. The molecule has 2 heterocycles. The monoisotopic (exact) mass is 327 g/mol. The van der Waals surface area contributed by atoms with Crippen molar-refractivity contribution in [1.82, 2.24) is 0 Å². The second-order valence-electron chi connectivity index (χ2n) is 5.22. The average molecular weight is 327 g/mol. The van der Waals surface area contributed by atoms with E-state index in [9.17, 15) is 4.79 Å². The molecule has 0 bridgehead atoms. The number of carbonyl (C=O) groups excluding carboxylic acids is 1. The molecule has 1 amide bonds. The van der Waals surface area contributed by atoms with Crippen LogP contribution in [0.15, 0.2) is 53.2 Å². The van der Waals surface area contributed by atoms with Gasteiger partial charge in [0.1, 0.15) is 0 Å². The van der Waals surface area contributed by atoms with Crippen molar-refractivity contribution in [3.8, 4) is 0 Å². The number of anilines is 1. The molecule has 22 heavy (non-hydrogen) atoms. The minimum atomic E-state index is 0.0617. The Hall–Kier alpha value is -1.91. The molecular weight excluding hydrogens is 310 g/mol. The molecule has 0 spiro atoms. The van der Waals surface area contributed by atoms with Gasteiger partial charge in [0.2, 0.25) is 0 Å². The van der Waals surface area contributed by atoms with Crippen molar-refractivity contribution >= 4 is 34.3 Å². The number of thiophene rings is 2. The average Bonchev–Trinajstić information content (AvgIpc) is 3.20. The lowest BCUT2D eigenvalue weighted by Crippen LogP contribution is -2.29. The molecule has 112 valence electrons.